The van der Waals surface area contributed by atoms with Crippen LogP contribution in [0.1, 0.15) is 69.6 Å². The third kappa shape index (κ3) is 6.96. The molecule has 1 heterocycles. The topological polar surface area (TPSA) is 27.5 Å². The number of rotatable bonds is 11. The summed E-state index contributed by atoms with van der Waals surface area (Å²) < 4.78 is 5.69. The minimum absolute atomic E-state index is 0.103. The van der Waals surface area contributed by atoms with Crippen LogP contribution < -0.4 is 26.3 Å². The summed E-state index contributed by atoms with van der Waals surface area (Å²) in [6, 6.07) is 22.4. The zero-order valence-electron chi connectivity index (χ0n) is 26.5. The Hall–Kier alpha value is -0.880. The molecule has 0 saturated carbocycles. The van der Waals surface area contributed by atoms with Crippen molar-refractivity contribution in [1.82, 2.24) is 0 Å². The Bertz CT molecular complexity index is 1550. The Balaban J connectivity index is 1.27. The molecule has 4 atom stereocenters. The molecule has 0 amide bonds. The fourth-order valence-electron chi connectivity index (χ4n) is 7.20. The molecular weight excluding hydrogens is 867 g/mol. The molecule has 1 saturated heterocycles. The van der Waals surface area contributed by atoms with Crippen molar-refractivity contribution in [1.29, 1.82) is 0 Å². The Morgan fingerprint density at radius 1 is 1.12 bits per heavy atom. The van der Waals surface area contributed by atoms with Crippen LogP contribution in [-0.2, 0) is 5.41 Å². The number of benzene rings is 3. The van der Waals surface area contributed by atoms with Gasteiger partial charge in [0, 0.05) is 0 Å². The van der Waals surface area contributed by atoms with Crippen molar-refractivity contribution in [3.05, 3.63) is 117 Å². The van der Waals surface area contributed by atoms with E-state index < -0.39 is 41.0 Å². The van der Waals surface area contributed by atoms with Crippen molar-refractivity contribution in [3.63, 3.8) is 0 Å². The minimum atomic E-state index is -1.13. The van der Waals surface area contributed by atoms with E-state index in [1.807, 2.05) is 4.14 Å². The van der Waals surface area contributed by atoms with Crippen LogP contribution in [0, 0.1) is 14.2 Å². The predicted octanol–water partition coefficient (Wildman–Crippen LogP) is 6.08. The molecule has 0 bridgehead atoms. The second-order valence-corrected chi connectivity index (χ2v) is 23.7. The monoisotopic (exact) mass is 914 g/mol. The Kier molecular flexibility index (Phi) is 11.1. The van der Waals surface area contributed by atoms with Gasteiger partial charge in [0.05, 0.1) is 0 Å². The SMILES string of the molecule is C=C(/C=C/CCCC1I(C)C2C=Cc3ccccc3C2C1(C)C)C(C)(C)c1c([I-]C[NH+]([O-])C=IC)ccc2ccccc12. The molecule has 43 heavy (non-hydrogen) atoms. The summed E-state index contributed by atoms with van der Waals surface area (Å²) in [6.07, 6.45) is 13.3. The Labute approximate surface area is 287 Å². The van der Waals surface area contributed by atoms with Crippen LogP contribution in [0.4, 0.5) is 0 Å². The van der Waals surface area contributed by atoms with Crippen molar-refractivity contribution in [2.45, 2.75) is 66.1 Å². The van der Waals surface area contributed by atoms with E-state index >= 15 is 0 Å². The van der Waals surface area contributed by atoms with Gasteiger partial charge in [0.2, 0.25) is 0 Å². The molecule has 0 spiro atoms. The number of hydroxylamine groups is 2. The zero-order chi connectivity index (χ0) is 30.8. The summed E-state index contributed by atoms with van der Waals surface area (Å²) in [6.45, 7) is 14.4. The van der Waals surface area contributed by atoms with E-state index in [2.05, 4.69) is 129 Å². The molecule has 0 radical (unpaired) electrons. The van der Waals surface area contributed by atoms with E-state index in [4.69, 9.17) is 0 Å². The molecule has 1 N–H and O–H groups in total. The summed E-state index contributed by atoms with van der Waals surface area (Å²) in [4.78, 5) is 4.80. The molecule has 3 aromatic carbocycles. The number of hydrogen-bond donors (Lipinski definition) is 1. The molecular formula is C38H47I3NO-. The first-order chi connectivity index (χ1) is 20.6. The number of nitrogens with one attached hydrogen (secondary N) is 1. The van der Waals surface area contributed by atoms with E-state index in [0.29, 0.717) is 20.9 Å². The van der Waals surface area contributed by atoms with Gasteiger partial charge in [-0.15, -0.1) is 0 Å². The molecule has 1 fully saturated rings. The first-order valence-electron chi connectivity index (χ1n) is 15.2. The van der Waals surface area contributed by atoms with Gasteiger partial charge in [-0.25, -0.2) is 0 Å². The molecule has 5 rings (SSSR count). The second-order valence-electron chi connectivity index (χ2n) is 12.9. The summed E-state index contributed by atoms with van der Waals surface area (Å²) in [5, 5.41) is 15.3. The molecule has 232 valence electrons. The normalized spacial score (nSPS) is 23.0. The molecule has 3 aromatic rings. The maximum atomic E-state index is 12.4. The average molecular weight is 915 g/mol. The van der Waals surface area contributed by atoms with Gasteiger partial charge >= 0.3 is 290 Å². The van der Waals surface area contributed by atoms with Gasteiger partial charge in [0.15, 0.2) is 0 Å². The number of alkyl halides is 5. The van der Waals surface area contributed by atoms with Gasteiger partial charge in [0.25, 0.3) is 0 Å². The van der Waals surface area contributed by atoms with Crippen molar-refractivity contribution in [2.75, 3.05) is 14.4 Å². The van der Waals surface area contributed by atoms with Gasteiger partial charge in [-0.1, -0.05) is 0 Å². The molecule has 1 aliphatic carbocycles. The Morgan fingerprint density at radius 3 is 2.65 bits per heavy atom. The quantitative estimate of drug-likeness (QED) is 0.0621. The van der Waals surface area contributed by atoms with Gasteiger partial charge in [-0.05, 0) is 0 Å². The summed E-state index contributed by atoms with van der Waals surface area (Å²) in [7, 11) is 0. The van der Waals surface area contributed by atoms with Crippen LogP contribution in [0.25, 0.3) is 16.8 Å². The van der Waals surface area contributed by atoms with E-state index in [-0.39, 0.29) is 26.1 Å². The van der Waals surface area contributed by atoms with Crippen molar-refractivity contribution >= 4 is 61.5 Å². The summed E-state index contributed by atoms with van der Waals surface area (Å²) >= 11 is -1.64. The van der Waals surface area contributed by atoms with Gasteiger partial charge in [0.1, 0.15) is 0 Å². The third-order valence-corrected chi connectivity index (χ3v) is 21.7. The van der Waals surface area contributed by atoms with Crippen LogP contribution in [0.2, 0.25) is 0 Å². The summed E-state index contributed by atoms with van der Waals surface area (Å²) in [5.74, 6) is 0.680. The first-order valence-corrected chi connectivity index (χ1v) is 25.9. The van der Waals surface area contributed by atoms with Gasteiger partial charge in [-0.2, -0.15) is 0 Å². The fourth-order valence-corrected chi connectivity index (χ4v) is 20.4. The average Bonchev–Trinajstić information content (AvgIpc) is 3.19. The maximum absolute atomic E-state index is 12.4. The molecule has 2 nitrogen and oxygen atoms in total. The van der Waals surface area contributed by atoms with E-state index in [1.54, 1.807) is 5.56 Å². The van der Waals surface area contributed by atoms with Crippen LogP contribution in [0.15, 0.2) is 91.0 Å². The number of halogens is 3. The number of fused-ring (bicyclic) bond motifs is 4. The molecule has 5 heteroatoms. The fraction of sp³-hybridized carbons (Fsp3) is 0.395. The van der Waals surface area contributed by atoms with Crippen molar-refractivity contribution < 1.29 is 26.3 Å². The van der Waals surface area contributed by atoms with Gasteiger partial charge < -0.3 is 0 Å². The zero-order valence-corrected chi connectivity index (χ0v) is 32.9. The van der Waals surface area contributed by atoms with Crippen molar-refractivity contribution in [3.8, 4) is 0 Å². The third-order valence-electron chi connectivity index (χ3n) is 9.56. The molecule has 4 unspecified atom stereocenters. The molecule has 0 aromatic heterocycles. The number of allylic oxidation sites excluding steroid dienone is 4. The number of hydrogen-bond acceptors (Lipinski definition) is 1. The van der Waals surface area contributed by atoms with E-state index in [9.17, 15) is 5.21 Å². The van der Waals surface area contributed by atoms with Crippen LogP contribution >= 0.6 is 40.6 Å². The predicted molar refractivity (Wildman–Crippen MR) is 203 cm³/mol. The number of quaternary nitrogens is 1. The standard InChI is InChI=1S/C38H47I3NO/c1-27(37(2,3)35-30-18-13-11-16-28(30)21-23-32(35)40-26-42(43)25-39-6)15-9-8-10-20-34-38(4,5)36-31-19-14-12-17-29(31)22-24-33(36)41(34)7/h9,11-19,21-25,33-34,36,42H,1,8,10,20,26H2,2-7H3/q-1/b15-9+. The molecule has 1 aliphatic heterocycles. The Morgan fingerprint density at radius 2 is 1.86 bits per heavy atom. The van der Waals surface area contributed by atoms with Gasteiger partial charge in [-0.3, -0.25) is 0 Å². The first kappa shape index (κ1) is 33.5. The second kappa shape index (κ2) is 14.3. The number of unbranched alkanes of at least 4 members (excludes halogenated alkanes) is 1. The van der Waals surface area contributed by atoms with Crippen molar-refractivity contribution in [2.24, 2.45) is 5.41 Å². The van der Waals surface area contributed by atoms with Crippen LogP contribution in [-0.4, -0.2) is 26.4 Å². The van der Waals surface area contributed by atoms with Crippen LogP contribution in [0.5, 0.6) is 0 Å². The van der Waals surface area contributed by atoms with E-state index in [1.165, 1.54) is 38.3 Å². The molecule has 2 aliphatic rings. The van der Waals surface area contributed by atoms with E-state index in [0.717, 1.165) is 19.8 Å². The van der Waals surface area contributed by atoms with Crippen LogP contribution in [0.3, 0.4) is 0 Å². The summed E-state index contributed by atoms with van der Waals surface area (Å²) in [5.41, 5.74) is 5.71.